The van der Waals surface area contributed by atoms with E-state index in [4.69, 9.17) is 11.5 Å². The summed E-state index contributed by atoms with van der Waals surface area (Å²) in [5, 5.41) is 13.1. The zero-order valence-corrected chi connectivity index (χ0v) is 24.2. The average Bonchev–Trinajstić information content (AvgIpc) is 3.04. The van der Waals surface area contributed by atoms with Crippen LogP contribution in [0.1, 0.15) is 31.8 Å². The molecule has 0 radical (unpaired) electrons. The standard InChI is InChI=1S/C33H24N6O8/c34-26(40)20-8-4-10-22(16-20)38-30(44)24(28(42)36-32(38)46)14-12-19(18-6-2-1-3-7-18)13-15-25-29(43)37-33(47)39(31(25)45)23-11-5-9-21(17-23)27(35)41/h1-17,44H,(H2,34,40)(H2,35,41)(H,36,42,46)(H,37,43,47). The van der Waals surface area contributed by atoms with Crippen molar-refractivity contribution >= 4 is 47.0 Å². The van der Waals surface area contributed by atoms with Crippen LogP contribution in [0.4, 0.5) is 10.5 Å². The zero-order chi connectivity index (χ0) is 33.8. The number of aromatic amines is 1. The van der Waals surface area contributed by atoms with Crippen molar-refractivity contribution in [1.82, 2.24) is 14.9 Å². The van der Waals surface area contributed by atoms with Gasteiger partial charge in [-0.15, -0.1) is 0 Å². The molecule has 1 saturated heterocycles. The molecule has 1 aliphatic heterocycles. The van der Waals surface area contributed by atoms with Crippen molar-refractivity contribution in [2.24, 2.45) is 11.5 Å². The number of nitrogens with zero attached hydrogens (tertiary/aromatic N) is 2. The highest BCUT2D eigenvalue weighted by Gasteiger charge is 2.36. The monoisotopic (exact) mass is 632 g/mol. The Morgan fingerprint density at radius 1 is 0.766 bits per heavy atom. The SMILES string of the molecule is NC(=O)c1cccc(N2C(=O)NC(=O)C(=CC=C(C=Cc3c(O)n(-c4cccc(C(N)=O)c4)c(=O)[nH]c3=O)c3ccccc3)C2=O)c1. The predicted molar refractivity (Wildman–Crippen MR) is 170 cm³/mol. The highest BCUT2D eigenvalue weighted by atomic mass is 16.3. The molecule has 3 aromatic carbocycles. The Kier molecular flexibility index (Phi) is 8.58. The van der Waals surface area contributed by atoms with Gasteiger partial charge in [0.05, 0.1) is 11.4 Å². The number of carbonyl (C=O) groups is 5. The lowest BCUT2D eigenvalue weighted by Crippen LogP contribution is -2.54. The summed E-state index contributed by atoms with van der Waals surface area (Å²) in [6.45, 7) is 0. The minimum Gasteiger partial charge on any atom is -0.494 e. The van der Waals surface area contributed by atoms with Gasteiger partial charge in [-0.2, -0.15) is 0 Å². The number of barbiturate groups is 1. The molecule has 7 N–H and O–H groups in total. The first-order chi connectivity index (χ1) is 22.5. The van der Waals surface area contributed by atoms with Crippen molar-refractivity contribution < 1.29 is 29.1 Å². The predicted octanol–water partition coefficient (Wildman–Crippen LogP) is 1.74. The number of allylic oxidation sites excluding steroid dienone is 4. The van der Waals surface area contributed by atoms with Crippen LogP contribution < -0.4 is 32.9 Å². The van der Waals surface area contributed by atoms with Crippen LogP contribution in [0.25, 0.3) is 17.3 Å². The number of H-pyrrole nitrogens is 1. The van der Waals surface area contributed by atoms with Gasteiger partial charge in [0.15, 0.2) is 0 Å². The van der Waals surface area contributed by atoms with E-state index in [0.29, 0.717) is 16.0 Å². The van der Waals surface area contributed by atoms with Crippen LogP contribution >= 0.6 is 0 Å². The number of carbonyl (C=O) groups excluding carboxylic acids is 5. The number of anilines is 1. The summed E-state index contributed by atoms with van der Waals surface area (Å²) >= 11 is 0. The number of benzene rings is 3. The average molecular weight is 633 g/mol. The maximum Gasteiger partial charge on any atom is 0.335 e. The molecule has 0 spiro atoms. The quantitative estimate of drug-likeness (QED) is 0.109. The first-order valence-corrected chi connectivity index (χ1v) is 13.7. The number of urea groups is 1. The second-order valence-electron chi connectivity index (χ2n) is 9.96. The Bertz CT molecular complexity index is 2190. The van der Waals surface area contributed by atoms with Crippen molar-refractivity contribution in [1.29, 1.82) is 0 Å². The Balaban J connectivity index is 1.58. The fourth-order valence-electron chi connectivity index (χ4n) is 4.66. The number of rotatable bonds is 8. The molecule has 4 aromatic rings. The number of nitrogens with two attached hydrogens (primary N) is 2. The second kappa shape index (κ2) is 12.9. The number of amides is 6. The third-order valence-corrected chi connectivity index (χ3v) is 6.97. The topological polar surface area (TPSA) is 228 Å². The number of hydrogen-bond donors (Lipinski definition) is 5. The van der Waals surface area contributed by atoms with E-state index in [1.165, 1.54) is 72.8 Å². The van der Waals surface area contributed by atoms with Crippen LogP contribution in [0.3, 0.4) is 0 Å². The van der Waals surface area contributed by atoms with Gasteiger partial charge in [0.1, 0.15) is 11.1 Å². The summed E-state index contributed by atoms with van der Waals surface area (Å²) in [6, 6.07) is 18.5. The number of primary amides is 2. The largest absolute Gasteiger partial charge is 0.494 e. The Hall–Kier alpha value is -7.09. The van der Waals surface area contributed by atoms with Gasteiger partial charge in [-0.25, -0.2) is 19.1 Å². The first-order valence-electron chi connectivity index (χ1n) is 13.7. The fraction of sp³-hybridized carbons (Fsp3) is 0. The maximum atomic E-state index is 13.4. The molecule has 0 saturated carbocycles. The van der Waals surface area contributed by atoms with Crippen LogP contribution in [-0.2, 0) is 9.59 Å². The number of aromatic nitrogens is 2. The van der Waals surface area contributed by atoms with Gasteiger partial charge in [0.25, 0.3) is 17.4 Å². The van der Waals surface area contributed by atoms with Crippen LogP contribution in [0.15, 0.2) is 112 Å². The molecule has 47 heavy (non-hydrogen) atoms. The van der Waals surface area contributed by atoms with E-state index in [1.807, 2.05) is 0 Å². The van der Waals surface area contributed by atoms with Crippen LogP contribution in [0.2, 0.25) is 0 Å². The molecule has 0 bridgehead atoms. The smallest absolute Gasteiger partial charge is 0.335 e. The van der Waals surface area contributed by atoms with E-state index in [9.17, 15) is 38.7 Å². The number of hydrogen-bond acceptors (Lipinski definition) is 8. The summed E-state index contributed by atoms with van der Waals surface area (Å²) < 4.78 is 0.783. The molecule has 0 atom stereocenters. The van der Waals surface area contributed by atoms with E-state index in [2.05, 4.69) is 10.3 Å². The van der Waals surface area contributed by atoms with Gasteiger partial charge in [-0.1, -0.05) is 54.6 Å². The molecule has 1 fully saturated rings. The lowest BCUT2D eigenvalue weighted by atomic mass is 10.0. The highest BCUT2D eigenvalue weighted by Crippen LogP contribution is 2.24. The Labute approximate surface area is 264 Å². The molecule has 0 aliphatic carbocycles. The Morgan fingerprint density at radius 2 is 1.36 bits per heavy atom. The van der Waals surface area contributed by atoms with Crippen molar-refractivity contribution in [2.45, 2.75) is 0 Å². The highest BCUT2D eigenvalue weighted by molar-refractivity contribution is 6.37. The van der Waals surface area contributed by atoms with E-state index in [1.54, 1.807) is 30.3 Å². The Morgan fingerprint density at radius 3 is 2.00 bits per heavy atom. The molecule has 234 valence electrons. The molecule has 14 nitrogen and oxygen atoms in total. The van der Waals surface area contributed by atoms with Gasteiger partial charge in [-0.3, -0.25) is 34.3 Å². The molecule has 14 heteroatoms. The number of aromatic hydroxyl groups is 1. The third kappa shape index (κ3) is 6.41. The molecular weight excluding hydrogens is 608 g/mol. The summed E-state index contributed by atoms with van der Waals surface area (Å²) in [4.78, 5) is 90.3. The van der Waals surface area contributed by atoms with E-state index >= 15 is 0 Å². The molecular formula is C33H24N6O8. The molecule has 1 aliphatic rings. The molecule has 1 aromatic heterocycles. The van der Waals surface area contributed by atoms with Gasteiger partial charge in [0.2, 0.25) is 17.7 Å². The van der Waals surface area contributed by atoms with Gasteiger partial charge in [-0.05, 0) is 59.7 Å². The number of imide groups is 2. The van der Waals surface area contributed by atoms with Crippen molar-refractivity contribution in [3.63, 3.8) is 0 Å². The summed E-state index contributed by atoms with van der Waals surface area (Å²) in [5.74, 6) is -4.25. The van der Waals surface area contributed by atoms with E-state index in [-0.39, 0.29) is 28.1 Å². The first kappa shape index (κ1) is 31.3. The molecule has 2 heterocycles. The molecule has 6 amide bonds. The number of nitrogens with one attached hydrogen (secondary N) is 2. The minimum absolute atomic E-state index is 0.000508. The van der Waals surface area contributed by atoms with Crippen molar-refractivity contribution in [2.75, 3.05) is 4.90 Å². The maximum absolute atomic E-state index is 13.4. The van der Waals surface area contributed by atoms with Gasteiger partial charge in [0, 0.05) is 11.1 Å². The van der Waals surface area contributed by atoms with Crippen molar-refractivity contribution in [3.05, 3.63) is 146 Å². The lowest BCUT2D eigenvalue weighted by Gasteiger charge is -2.26. The van der Waals surface area contributed by atoms with E-state index < -0.39 is 52.4 Å². The summed E-state index contributed by atoms with van der Waals surface area (Å²) in [6.07, 6.45) is 5.16. The fourth-order valence-corrected chi connectivity index (χ4v) is 4.66. The van der Waals surface area contributed by atoms with Crippen LogP contribution in [0.5, 0.6) is 5.88 Å². The van der Waals surface area contributed by atoms with Crippen molar-refractivity contribution in [3.8, 4) is 11.6 Å². The summed E-state index contributed by atoms with van der Waals surface area (Å²) in [7, 11) is 0. The third-order valence-electron chi connectivity index (χ3n) is 6.97. The van der Waals surface area contributed by atoms with Crippen LogP contribution in [0, 0.1) is 0 Å². The lowest BCUT2D eigenvalue weighted by molar-refractivity contribution is -0.122. The molecule has 5 rings (SSSR count). The normalized spacial score (nSPS) is 14.5. The zero-order valence-electron chi connectivity index (χ0n) is 24.2. The minimum atomic E-state index is -1.03. The second-order valence-corrected chi connectivity index (χ2v) is 9.96. The summed E-state index contributed by atoms with van der Waals surface area (Å²) in [5.41, 5.74) is 9.04. The van der Waals surface area contributed by atoms with Gasteiger partial charge < -0.3 is 16.6 Å². The van der Waals surface area contributed by atoms with E-state index in [0.717, 1.165) is 4.57 Å². The van der Waals surface area contributed by atoms with Crippen LogP contribution in [-0.4, -0.2) is 44.3 Å². The van der Waals surface area contributed by atoms with Gasteiger partial charge >= 0.3 is 11.7 Å². The molecule has 0 unspecified atom stereocenters.